The molecule has 0 bridgehead atoms. The van der Waals surface area contributed by atoms with Crippen molar-refractivity contribution in [1.29, 1.82) is 0 Å². The first kappa shape index (κ1) is 15.3. The van der Waals surface area contributed by atoms with Crippen molar-refractivity contribution in [2.75, 3.05) is 6.61 Å². The van der Waals surface area contributed by atoms with Crippen molar-refractivity contribution in [2.24, 2.45) is 0 Å². The molecule has 2 aliphatic heterocycles. The van der Waals surface area contributed by atoms with Crippen molar-refractivity contribution in [1.82, 2.24) is 0 Å². The van der Waals surface area contributed by atoms with Crippen molar-refractivity contribution < 1.29 is 24.1 Å². The normalized spacial score (nSPS) is 21.2. The van der Waals surface area contributed by atoms with Gasteiger partial charge in [-0.3, -0.25) is 4.79 Å². The average molecular weight is 352 g/mol. The summed E-state index contributed by atoms with van der Waals surface area (Å²) in [6.45, 7) is 0.626. The van der Waals surface area contributed by atoms with Gasteiger partial charge in [0.25, 0.3) is 0 Å². The smallest absolute Gasteiger partial charge is 0.214 e. The van der Waals surface area contributed by atoms with Crippen LogP contribution in [0.2, 0.25) is 0 Å². The number of rotatable bonds is 1. The van der Waals surface area contributed by atoms with Crippen LogP contribution >= 0.6 is 0 Å². The van der Waals surface area contributed by atoms with E-state index < -0.39 is 5.79 Å². The number of aromatic hydroxyl groups is 2. The lowest BCUT2D eigenvalue weighted by Gasteiger charge is -2.21. The SMILES string of the molecule is O=c1cc(-c2ccc(O)cc2)oc2c3c(cc(O)c12)OC1(CCCO1)C3. The molecule has 1 atom stereocenters. The van der Waals surface area contributed by atoms with E-state index in [9.17, 15) is 15.0 Å². The van der Waals surface area contributed by atoms with E-state index in [2.05, 4.69) is 0 Å². The van der Waals surface area contributed by atoms with Gasteiger partial charge in [-0.05, 0) is 30.7 Å². The molecule has 3 aromatic rings. The van der Waals surface area contributed by atoms with Crippen LogP contribution in [0.1, 0.15) is 18.4 Å². The Morgan fingerprint density at radius 2 is 1.88 bits per heavy atom. The van der Waals surface area contributed by atoms with Crippen molar-refractivity contribution in [3.63, 3.8) is 0 Å². The zero-order chi connectivity index (χ0) is 17.9. The lowest BCUT2D eigenvalue weighted by Crippen LogP contribution is -2.32. The zero-order valence-corrected chi connectivity index (χ0v) is 13.8. The van der Waals surface area contributed by atoms with Crippen LogP contribution in [-0.4, -0.2) is 22.6 Å². The van der Waals surface area contributed by atoms with Crippen LogP contribution in [0.3, 0.4) is 0 Å². The minimum Gasteiger partial charge on any atom is -0.508 e. The summed E-state index contributed by atoms with van der Waals surface area (Å²) in [5, 5.41) is 19.9. The van der Waals surface area contributed by atoms with Crippen LogP contribution in [0, 0.1) is 0 Å². The Labute approximate surface area is 148 Å². The predicted molar refractivity (Wildman–Crippen MR) is 93.5 cm³/mol. The molecule has 5 rings (SSSR count). The third kappa shape index (κ3) is 2.19. The van der Waals surface area contributed by atoms with Crippen LogP contribution in [0.15, 0.2) is 45.6 Å². The Morgan fingerprint density at radius 3 is 2.62 bits per heavy atom. The second-order valence-electron chi connectivity index (χ2n) is 6.74. The van der Waals surface area contributed by atoms with Gasteiger partial charge in [-0.25, -0.2) is 0 Å². The fraction of sp³-hybridized carbons (Fsp3) is 0.250. The number of hydrogen-bond donors (Lipinski definition) is 2. The number of phenols is 2. The van der Waals surface area contributed by atoms with E-state index in [0.717, 1.165) is 18.4 Å². The van der Waals surface area contributed by atoms with Gasteiger partial charge in [-0.15, -0.1) is 0 Å². The standard InChI is InChI=1S/C20H16O6/c21-12-4-2-11(3-5-12)16-8-14(22)18-15(23)9-17-13(19(18)25-16)10-20(26-17)6-1-7-24-20/h2-5,8-9,21,23H,1,6-7,10H2. The molecular weight excluding hydrogens is 336 g/mol. The van der Waals surface area contributed by atoms with Crippen LogP contribution in [-0.2, 0) is 11.2 Å². The zero-order valence-electron chi connectivity index (χ0n) is 13.8. The molecule has 2 aliphatic rings. The lowest BCUT2D eigenvalue weighted by molar-refractivity contribution is -0.134. The largest absolute Gasteiger partial charge is 0.508 e. The Morgan fingerprint density at radius 1 is 1.08 bits per heavy atom. The molecule has 3 heterocycles. The fourth-order valence-corrected chi connectivity index (χ4v) is 3.77. The van der Waals surface area contributed by atoms with Gasteiger partial charge in [-0.1, -0.05) is 0 Å². The van der Waals surface area contributed by atoms with Crippen LogP contribution in [0.4, 0.5) is 0 Å². The van der Waals surface area contributed by atoms with Gasteiger partial charge in [0.15, 0.2) is 5.43 Å². The molecule has 1 aromatic heterocycles. The highest BCUT2D eigenvalue weighted by Gasteiger charge is 2.45. The topological polar surface area (TPSA) is 89.1 Å². The third-order valence-corrected chi connectivity index (χ3v) is 5.00. The maximum Gasteiger partial charge on any atom is 0.214 e. The molecule has 2 N–H and O–H groups in total. The van der Waals surface area contributed by atoms with E-state index >= 15 is 0 Å². The molecule has 1 fully saturated rings. The van der Waals surface area contributed by atoms with E-state index in [-0.39, 0.29) is 22.3 Å². The van der Waals surface area contributed by atoms with Gasteiger partial charge >= 0.3 is 0 Å². The summed E-state index contributed by atoms with van der Waals surface area (Å²) < 4.78 is 17.8. The van der Waals surface area contributed by atoms with Gasteiger partial charge < -0.3 is 24.1 Å². The van der Waals surface area contributed by atoms with Crippen LogP contribution in [0.25, 0.3) is 22.3 Å². The number of ether oxygens (including phenoxy) is 2. The van der Waals surface area contributed by atoms with Crippen molar-refractivity contribution in [2.45, 2.75) is 25.0 Å². The number of benzene rings is 2. The molecule has 6 heteroatoms. The van der Waals surface area contributed by atoms with E-state index in [1.807, 2.05) is 0 Å². The van der Waals surface area contributed by atoms with Crippen molar-refractivity contribution >= 4 is 11.0 Å². The maximum absolute atomic E-state index is 12.6. The molecule has 0 aliphatic carbocycles. The monoisotopic (exact) mass is 352 g/mol. The summed E-state index contributed by atoms with van der Waals surface area (Å²) in [6, 6.07) is 9.19. The summed E-state index contributed by atoms with van der Waals surface area (Å²) in [5.74, 6) is 0.0892. The second kappa shape index (κ2) is 5.25. The molecule has 2 aromatic carbocycles. The first-order valence-electron chi connectivity index (χ1n) is 8.50. The van der Waals surface area contributed by atoms with E-state index in [0.29, 0.717) is 35.7 Å². The summed E-state index contributed by atoms with van der Waals surface area (Å²) in [4.78, 5) is 12.6. The van der Waals surface area contributed by atoms with Gasteiger partial charge in [-0.2, -0.15) is 0 Å². The predicted octanol–water partition coefficient (Wildman–Crippen LogP) is 3.31. The van der Waals surface area contributed by atoms with Crippen LogP contribution in [0.5, 0.6) is 17.2 Å². The molecule has 0 amide bonds. The van der Waals surface area contributed by atoms with E-state index in [4.69, 9.17) is 13.9 Å². The highest BCUT2D eigenvalue weighted by molar-refractivity contribution is 5.89. The summed E-state index contributed by atoms with van der Waals surface area (Å²) in [7, 11) is 0. The first-order valence-corrected chi connectivity index (χ1v) is 8.50. The molecule has 0 saturated carbocycles. The maximum atomic E-state index is 12.6. The summed E-state index contributed by atoms with van der Waals surface area (Å²) in [6.07, 6.45) is 2.13. The molecule has 6 nitrogen and oxygen atoms in total. The van der Waals surface area contributed by atoms with Gasteiger partial charge in [0, 0.05) is 36.1 Å². The van der Waals surface area contributed by atoms with Gasteiger partial charge in [0.05, 0.1) is 6.61 Å². The Bertz CT molecular complexity index is 1070. The summed E-state index contributed by atoms with van der Waals surface area (Å²) >= 11 is 0. The van der Waals surface area contributed by atoms with Crippen molar-refractivity contribution in [3.8, 4) is 28.6 Å². The molecule has 26 heavy (non-hydrogen) atoms. The van der Waals surface area contributed by atoms with Gasteiger partial charge in [0.2, 0.25) is 5.79 Å². The quantitative estimate of drug-likeness (QED) is 0.698. The third-order valence-electron chi connectivity index (χ3n) is 5.00. The molecular formula is C20H16O6. The fourth-order valence-electron chi connectivity index (χ4n) is 3.77. The molecule has 132 valence electrons. The highest BCUT2D eigenvalue weighted by Crippen LogP contribution is 2.46. The average Bonchev–Trinajstić information content (AvgIpc) is 3.21. The molecule has 0 radical (unpaired) electrons. The Hall–Kier alpha value is -2.99. The van der Waals surface area contributed by atoms with E-state index in [1.165, 1.54) is 24.3 Å². The minimum atomic E-state index is -0.726. The Kier molecular flexibility index (Phi) is 3.09. The highest BCUT2D eigenvalue weighted by atomic mass is 16.7. The number of phenolic OH excluding ortho intramolecular Hbond substituents is 2. The molecule has 1 unspecified atom stereocenters. The van der Waals surface area contributed by atoms with Gasteiger partial charge in [0.1, 0.15) is 34.0 Å². The molecule has 1 spiro atoms. The summed E-state index contributed by atoms with van der Waals surface area (Å²) in [5.41, 5.74) is 1.38. The Balaban J connectivity index is 1.73. The first-order chi connectivity index (χ1) is 12.5. The molecule has 1 saturated heterocycles. The number of hydrogen-bond acceptors (Lipinski definition) is 6. The second-order valence-corrected chi connectivity index (χ2v) is 6.74. The van der Waals surface area contributed by atoms with E-state index in [1.54, 1.807) is 12.1 Å². The van der Waals surface area contributed by atoms with Crippen LogP contribution < -0.4 is 10.2 Å². The lowest BCUT2D eigenvalue weighted by atomic mass is 10.0. The van der Waals surface area contributed by atoms with Crippen molar-refractivity contribution in [3.05, 3.63) is 52.2 Å². The minimum absolute atomic E-state index is 0.129. The number of fused-ring (bicyclic) bond motifs is 3.